The first-order valence-corrected chi connectivity index (χ1v) is 7.09. The van der Waals surface area contributed by atoms with Crippen LogP contribution in [0, 0.1) is 13.8 Å². The van der Waals surface area contributed by atoms with E-state index >= 15 is 0 Å². The molecule has 0 aliphatic rings. The summed E-state index contributed by atoms with van der Waals surface area (Å²) in [4.78, 5) is 16.1. The van der Waals surface area contributed by atoms with E-state index in [9.17, 15) is 4.79 Å². The maximum absolute atomic E-state index is 12.6. The van der Waals surface area contributed by atoms with Gasteiger partial charge in [0, 0.05) is 22.8 Å². The van der Waals surface area contributed by atoms with Gasteiger partial charge < -0.3 is 10.6 Å². The van der Waals surface area contributed by atoms with Crippen LogP contribution in [-0.2, 0) is 0 Å². The van der Waals surface area contributed by atoms with Crippen LogP contribution in [0.2, 0.25) is 0 Å². The van der Waals surface area contributed by atoms with Crippen molar-refractivity contribution in [1.82, 2.24) is 0 Å². The van der Waals surface area contributed by atoms with Crippen molar-refractivity contribution in [3.05, 3.63) is 45.6 Å². The van der Waals surface area contributed by atoms with E-state index in [0.717, 1.165) is 16.1 Å². The molecule has 1 heterocycles. The van der Waals surface area contributed by atoms with Crippen LogP contribution in [0.25, 0.3) is 0 Å². The maximum atomic E-state index is 12.6. The third kappa shape index (κ3) is 2.63. The van der Waals surface area contributed by atoms with Gasteiger partial charge in [-0.05, 0) is 38.5 Å². The normalized spacial score (nSPS) is 10.5. The number of carbonyl (C=O) groups excluding carboxylic acids is 1. The van der Waals surface area contributed by atoms with Gasteiger partial charge in [-0.3, -0.25) is 4.79 Å². The summed E-state index contributed by atoms with van der Waals surface area (Å²) in [5, 5.41) is 0. The number of hydrogen-bond donors (Lipinski definition) is 1. The van der Waals surface area contributed by atoms with Gasteiger partial charge in [-0.2, -0.15) is 0 Å². The number of aryl methyl sites for hydroxylation is 2. The summed E-state index contributed by atoms with van der Waals surface area (Å²) >= 11 is 1.45. The number of thiophene rings is 1. The topological polar surface area (TPSA) is 46.3 Å². The van der Waals surface area contributed by atoms with Gasteiger partial charge in [-0.25, -0.2) is 0 Å². The average Bonchev–Trinajstić information content (AvgIpc) is 2.73. The summed E-state index contributed by atoms with van der Waals surface area (Å²) < 4.78 is 0. The van der Waals surface area contributed by atoms with Crippen LogP contribution in [0.3, 0.4) is 0 Å². The molecule has 0 bridgehead atoms. The first kappa shape index (κ1) is 13.6. The highest BCUT2D eigenvalue weighted by molar-refractivity contribution is 7.14. The lowest BCUT2D eigenvalue weighted by atomic mass is 10.1. The van der Waals surface area contributed by atoms with Gasteiger partial charge in [0.2, 0.25) is 0 Å². The molecule has 0 unspecified atom stereocenters. The van der Waals surface area contributed by atoms with Crippen molar-refractivity contribution in [3.63, 3.8) is 0 Å². The highest BCUT2D eigenvalue weighted by Crippen LogP contribution is 2.27. The summed E-state index contributed by atoms with van der Waals surface area (Å²) in [7, 11) is 0. The summed E-state index contributed by atoms with van der Waals surface area (Å²) in [5.41, 5.74) is 8.57. The third-order valence-electron chi connectivity index (χ3n) is 3.13. The Morgan fingerprint density at radius 1 is 1.32 bits per heavy atom. The summed E-state index contributed by atoms with van der Waals surface area (Å²) in [6.45, 7) is 6.56. The van der Waals surface area contributed by atoms with Gasteiger partial charge in [-0.1, -0.05) is 18.2 Å². The van der Waals surface area contributed by atoms with Crippen molar-refractivity contribution in [3.8, 4) is 0 Å². The molecule has 0 aliphatic heterocycles. The number of nitrogens with zero attached hydrogens (tertiary/aromatic N) is 1. The Hall–Kier alpha value is -1.81. The van der Waals surface area contributed by atoms with E-state index in [0.29, 0.717) is 17.1 Å². The Kier molecular flexibility index (Phi) is 3.90. The molecule has 2 aromatic rings. The molecule has 1 aromatic carbocycles. The van der Waals surface area contributed by atoms with Gasteiger partial charge in [0.05, 0.1) is 4.88 Å². The molecule has 2 rings (SSSR count). The Labute approximate surface area is 117 Å². The lowest BCUT2D eigenvalue weighted by Gasteiger charge is -2.22. The zero-order valence-electron chi connectivity index (χ0n) is 11.4. The van der Waals surface area contributed by atoms with Crippen LogP contribution in [0.5, 0.6) is 0 Å². The fourth-order valence-electron chi connectivity index (χ4n) is 2.02. The summed E-state index contributed by atoms with van der Waals surface area (Å²) in [6, 6.07) is 9.68. The monoisotopic (exact) mass is 274 g/mol. The van der Waals surface area contributed by atoms with E-state index in [1.807, 2.05) is 45.0 Å². The van der Waals surface area contributed by atoms with E-state index in [-0.39, 0.29) is 5.91 Å². The molecule has 19 heavy (non-hydrogen) atoms. The second-order valence-corrected chi connectivity index (χ2v) is 5.71. The van der Waals surface area contributed by atoms with Crippen molar-refractivity contribution < 1.29 is 4.79 Å². The Morgan fingerprint density at radius 3 is 2.53 bits per heavy atom. The molecular weight excluding hydrogens is 256 g/mol. The number of anilines is 2. The molecule has 4 heteroatoms. The van der Waals surface area contributed by atoms with Crippen molar-refractivity contribution >= 4 is 28.6 Å². The molecule has 0 saturated heterocycles. The molecule has 1 aromatic heterocycles. The minimum absolute atomic E-state index is 0.0154. The molecular formula is C15H18N2OS. The predicted molar refractivity (Wildman–Crippen MR) is 82.0 cm³/mol. The second kappa shape index (κ2) is 5.45. The molecule has 0 spiro atoms. The number of nitrogen functional groups attached to an aromatic ring is 1. The number of nitrogens with two attached hydrogens (primary N) is 1. The lowest BCUT2D eigenvalue weighted by molar-refractivity contribution is 0.0992. The maximum Gasteiger partial charge on any atom is 0.268 e. The number of hydrogen-bond acceptors (Lipinski definition) is 3. The number of rotatable bonds is 3. The van der Waals surface area contributed by atoms with Crippen LogP contribution in [0.4, 0.5) is 11.4 Å². The van der Waals surface area contributed by atoms with Gasteiger partial charge in [0.1, 0.15) is 0 Å². The molecule has 1 amide bonds. The van der Waals surface area contributed by atoms with Crippen molar-refractivity contribution in [2.75, 3.05) is 17.2 Å². The van der Waals surface area contributed by atoms with E-state index < -0.39 is 0 Å². The highest BCUT2D eigenvalue weighted by atomic mass is 32.1. The lowest BCUT2D eigenvalue weighted by Crippen LogP contribution is -2.30. The molecule has 0 atom stereocenters. The van der Waals surface area contributed by atoms with Crippen LogP contribution >= 0.6 is 11.3 Å². The predicted octanol–water partition coefficient (Wildman–Crippen LogP) is 3.61. The number of benzene rings is 1. The minimum atomic E-state index is 0.0154. The highest BCUT2D eigenvalue weighted by Gasteiger charge is 2.19. The molecule has 0 aliphatic carbocycles. The van der Waals surface area contributed by atoms with Crippen LogP contribution in [0.1, 0.15) is 27.0 Å². The molecule has 3 nitrogen and oxygen atoms in total. The number of amides is 1. The molecule has 0 saturated carbocycles. The smallest absolute Gasteiger partial charge is 0.268 e. The van der Waals surface area contributed by atoms with Crippen molar-refractivity contribution in [2.45, 2.75) is 20.8 Å². The zero-order chi connectivity index (χ0) is 14.0. The largest absolute Gasteiger partial charge is 0.398 e. The Balaban J connectivity index is 2.37. The third-order valence-corrected chi connectivity index (χ3v) is 4.19. The fourth-order valence-corrected chi connectivity index (χ4v) is 2.91. The van der Waals surface area contributed by atoms with E-state index in [1.165, 1.54) is 11.3 Å². The molecule has 0 fully saturated rings. The first-order valence-electron chi connectivity index (χ1n) is 6.28. The van der Waals surface area contributed by atoms with Crippen molar-refractivity contribution in [1.29, 1.82) is 0 Å². The van der Waals surface area contributed by atoms with E-state index in [4.69, 9.17) is 5.73 Å². The van der Waals surface area contributed by atoms with Gasteiger partial charge in [-0.15, -0.1) is 11.3 Å². The van der Waals surface area contributed by atoms with Gasteiger partial charge in [0.25, 0.3) is 5.91 Å². The van der Waals surface area contributed by atoms with Gasteiger partial charge >= 0.3 is 0 Å². The summed E-state index contributed by atoms with van der Waals surface area (Å²) in [5.74, 6) is 0.0154. The Bertz CT molecular complexity index is 584. The van der Waals surface area contributed by atoms with Crippen LogP contribution in [0.15, 0.2) is 30.3 Å². The minimum Gasteiger partial charge on any atom is -0.398 e. The summed E-state index contributed by atoms with van der Waals surface area (Å²) in [6.07, 6.45) is 0. The Morgan fingerprint density at radius 2 is 2.00 bits per heavy atom. The standard InChI is InChI=1S/C15H18N2OS/c1-4-17(13-8-6-5-7-10(13)2)15(18)14-9-12(16)11(3)19-14/h5-9H,4,16H2,1-3H3. The molecule has 0 radical (unpaired) electrons. The van der Waals surface area contributed by atoms with Gasteiger partial charge in [0.15, 0.2) is 0 Å². The van der Waals surface area contributed by atoms with Crippen molar-refractivity contribution in [2.24, 2.45) is 0 Å². The molecule has 100 valence electrons. The second-order valence-electron chi connectivity index (χ2n) is 4.46. The van der Waals surface area contributed by atoms with E-state index in [2.05, 4.69) is 0 Å². The zero-order valence-corrected chi connectivity index (χ0v) is 12.3. The molecule has 2 N–H and O–H groups in total. The average molecular weight is 274 g/mol. The first-order chi connectivity index (χ1) is 9.04. The fraction of sp³-hybridized carbons (Fsp3) is 0.267. The number of carbonyl (C=O) groups is 1. The SMILES string of the molecule is CCN(C(=O)c1cc(N)c(C)s1)c1ccccc1C. The number of para-hydroxylation sites is 1. The quantitative estimate of drug-likeness (QED) is 0.929. The van der Waals surface area contributed by atoms with Crippen LogP contribution in [-0.4, -0.2) is 12.5 Å². The van der Waals surface area contributed by atoms with Crippen LogP contribution < -0.4 is 10.6 Å². The van der Waals surface area contributed by atoms with E-state index in [1.54, 1.807) is 11.0 Å².